The average Bonchev–Trinajstić information content (AvgIpc) is 2.92. The van der Waals surface area contributed by atoms with E-state index >= 15 is 0 Å². The highest BCUT2D eigenvalue weighted by Crippen LogP contribution is 2.15. The number of rotatable bonds is 7. The van der Waals surface area contributed by atoms with Crippen molar-refractivity contribution in [3.05, 3.63) is 36.1 Å². The minimum Gasteiger partial charge on any atom is -0.491 e. The van der Waals surface area contributed by atoms with Gasteiger partial charge in [-0.15, -0.1) is 0 Å². The fraction of sp³-hybridized carbons (Fsp3) is 0.562. The van der Waals surface area contributed by atoms with Gasteiger partial charge >= 0.3 is 0 Å². The summed E-state index contributed by atoms with van der Waals surface area (Å²) in [4.78, 5) is 11.9. The summed E-state index contributed by atoms with van der Waals surface area (Å²) in [5.41, 5.74) is 1.81. The molecule has 1 aliphatic rings. The molecule has 20 heavy (non-hydrogen) atoms. The summed E-state index contributed by atoms with van der Waals surface area (Å²) in [5.74, 6) is 0.806. The minimum atomic E-state index is -0.0523. The molecular formula is C16H26N2O2. The van der Waals surface area contributed by atoms with Crippen LogP contribution in [0.25, 0.3) is 0 Å². The SMILES string of the molecule is C=C/C(C)=C(/OCC(C)NC(=O)[C@@H]1CCCN1)C(=C)C. The van der Waals surface area contributed by atoms with Gasteiger partial charge in [0.05, 0.1) is 12.1 Å². The molecule has 2 atom stereocenters. The zero-order valence-corrected chi connectivity index (χ0v) is 12.8. The standard InChI is InChI=1S/C16H26N2O2/c1-6-12(4)15(11(2)3)20-10-13(5)18-16(19)14-8-7-9-17-14/h6,13-14,17H,1-2,7-10H2,3-5H3,(H,18,19)/b15-12+/t13?,14-/m0/s1. The normalized spacial score (nSPS) is 20.9. The molecule has 0 aromatic carbocycles. The topological polar surface area (TPSA) is 50.4 Å². The van der Waals surface area contributed by atoms with Crippen LogP contribution < -0.4 is 10.6 Å². The van der Waals surface area contributed by atoms with Gasteiger partial charge in [0.15, 0.2) is 0 Å². The largest absolute Gasteiger partial charge is 0.491 e. The molecule has 1 heterocycles. The first-order chi connectivity index (χ1) is 9.45. The zero-order chi connectivity index (χ0) is 15.1. The van der Waals surface area contributed by atoms with Crippen molar-refractivity contribution in [3.8, 4) is 0 Å². The van der Waals surface area contributed by atoms with Crippen LogP contribution in [-0.4, -0.2) is 31.1 Å². The molecule has 4 heteroatoms. The van der Waals surface area contributed by atoms with Crippen LogP contribution in [0.1, 0.15) is 33.6 Å². The van der Waals surface area contributed by atoms with Crippen LogP contribution in [0.5, 0.6) is 0 Å². The summed E-state index contributed by atoms with van der Waals surface area (Å²) in [6.07, 6.45) is 3.71. The summed E-state index contributed by atoms with van der Waals surface area (Å²) < 4.78 is 5.76. The Morgan fingerprint density at radius 3 is 2.75 bits per heavy atom. The van der Waals surface area contributed by atoms with E-state index in [1.54, 1.807) is 6.08 Å². The molecule has 2 N–H and O–H groups in total. The third kappa shape index (κ3) is 4.85. The van der Waals surface area contributed by atoms with Crippen LogP contribution in [0, 0.1) is 0 Å². The van der Waals surface area contributed by atoms with Crippen LogP contribution in [0.15, 0.2) is 36.1 Å². The fourth-order valence-electron chi connectivity index (χ4n) is 2.17. The van der Waals surface area contributed by atoms with Gasteiger partial charge in [-0.05, 0) is 51.3 Å². The lowest BCUT2D eigenvalue weighted by molar-refractivity contribution is -0.123. The van der Waals surface area contributed by atoms with Crippen molar-refractivity contribution in [1.82, 2.24) is 10.6 Å². The molecule has 112 valence electrons. The number of amides is 1. The van der Waals surface area contributed by atoms with E-state index in [2.05, 4.69) is 23.8 Å². The molecule has 0 aromatic rings. The molecule has 1 amide bonds. The van der Waals surface area contributed by atoms with Crippen molar-refractivity contribution in [3.63, 3.8) is 0 Å². The average molecular weight is 278 g/mol. The number of carbonyl (C=O) groups is 1. The molecule has 0 bridgehead atoms. The Balaban J connectivity index is 2.45. The minimum absolute atomic E-state index is 0.0446. The van der Waals surface area contributed by atoms with E-state index in [0.717, 1.165) is 36.3 Å². The van der Waals surface area contributed by atoms with Crippen LogP contribution in [0.4, 0.5) is 0 Å². The van der Waals surface area contributed by atoms with E-state index in [1.165, 1.54) is 0 Å². The van der Waals surface area contributed by atoms with E-state index in [9.17, 15) is 4.79 Å². The van der Waals surface area contributed by atoms with Gasteiger partial charge in [0, 0.05) is 0 Å². The lowest BCUT2D eigenvalue weighted by Gasteiger charge is -2.19. The zero-order valence-electron chi connectivity index (χ0n) is 12.8. The van der Waals surface area contributed by atoms with Gasteiger partial charge in [0.1, 0.15) is 12.4 Å². The molecule has 1 rings (SSSR count). The molecule has 0 aromatic heterocycles. The van der Waals surface area contributed by atoms with Crippen molar-refractivity contribution in [2.75, 3.05) is 13.2 Å². The van der Waals surface area contributed by atoms with Gasteiger partial charge in [-0.25, -0.2) is 0 Å². The lowest BCUT2D eigenvalue weighted by Crippen LogP contribution is -2.45. The summed E-state index contributed by atoms with van der Waals surface area (Å²) in [6.45, 7) is 14.7. The highest BCUT2D eigenvalue weighted by atomic mass is 16.5. The second kappa shape index (κ2) is 7.90. The predicted octanol–water partition coefficient (Wildman–Crippen LogP) is 2.30. The van der Waals surface area contributed by atoms with Crippen molar-refractivity contribution >= 4 is 5.91 Å². The maximum absolute atomic E-state index is 11.9. The Bertz CT molecular complexity index is 407. The van der Waals surface area contributed by atoms with Crippen LogP contribution >= 0.6 is 0 Å². The van der Waals surface area contributed by atoms with E-state index < -0.39 is 0 Å². The first-order valence-corrected chi connectivity index (χ1v) is 7.11. The molecule has 1 unspecified atom stereocenters. The highest BCUT2D eigenvalue weighted by molar-refractivity contribution is 5.82. The third-order valence-corrected chi connectivity index (χ3v) is 3.30. The van der Waals surface area contributed by atoms with Gasteiger partial charge < -0.3 is 15.4 Å². The fourth-order valence-corrected chi connectivity index (χ4v) is 2.17. The van der Waals surface area contributed by atoms with Gasteiger partial charge in [0.2, 0.25) is 5.91 Å². The number of nitrogens with one attached hydrogen (secondary N) is 2. The molecule has 1 aliphatic heterocycles. The number of hydrogen-bond donors (Lipinski definition) is 2. The molecule has 1 fully saturated rings. The van der Waals surface area contributed by atoms with Gasteiger partial charge in [-0.1, -0.05) is 19.2 Å². The van der Waals surface area contributed by atoms with Crippen LogP contribution in [-0.2, 0) is 9.53 Å². The molecule has 1 saturated heterocycles. The Labute approximate surface area is 122 Å². The van der Waals surface area contributed by atoms with Crippen molar-refractivity contribution in [1.29, 1.82) is 0 Å². The van der Waals surface area contributed by atoms with Crippen molar-refractivity contribution in [2.24, 2.45) is 0 Å². The molecule has 4 nitrogen and oxygen atoms in total. The second-order valence-electron chi connectivity index (χ2n) is 5.37. The van der Waals surface area contributed by atoms with Crippen LogP contribution in [0.3, 0.4) is 0 Å². The summed E-state index contributed by atoms with van der Waals surface area (Å²) in [6, 6.07) is -0.0969. The number of hydrogen-bond acceptors (Lipinski definition) is 3. The van der Waals surface area contributed by atoms with E-state index in [1.807, 2.05) is 20.8 Å². The molecule has 0 spiro atoms. The molecule has 0 aliphatic carbocycles. The molecule has 0 saturated carbocycles. The second-order valence-corrected chi connectivity index (χ2v) is 5.37. The quantitative estimate of drug-likeness (QED) is 0.555. The van der Waals surface area contributed by atoms with Gasteiger partial charge in [0.25, 0.3) is 0 Å². The third-order valence-electron chi connectivity index (χ3n) is 3.30. The number of allylic oxidation sites excluding steroid dienone is 3. The van der Waals surface area contributed by atoms with Gasteiger partial charge in [-0.2, -0.15) is 0 Å². The summed E-state index contributed by atoms with van der Waals surface area (Å²) in [5, 5.41) is 6.15. The first kappa shape index (κ1) is 16.5. The van der Waals surface area contributed by atoms with E-state index in [4.69, 9.17) is 4.74 Å². The Morgan fingerprint density at radius 2 is 2.25 bits per heavy atom. The Kier molecular flexibility index (Phi) is 6.52. The maximum Gasteiger partial charge on any atom is 0.237 e. The van der Waals surface area contributed by atoms with Crippen molar-refractivity contribution in [2.45, 2.75) is 45.7 Å². The summed E-state index contributed by atoms with van der Waals surface area (Å²) in [7, 11) is 0. The smallest absolute Gasteiger partial charge is 0.237 e. The van der Waals surface area contributed by atoms with E-state index in [-0.39, 0.29) is 18.0 Å². The Hall–Kier alpha value is -1.55. The number of ether oxygens (including phenoxy) is 1. The van der Waals surface area contributed by atoms with Gasteiger partial charge in [-0.3, -0.25) is 4.79 Å². The molecular weight excluding hydrogens is 252 g/mol. The monoisotopic (exact) mass is 278 g/mol. The van der Waals surface area contributed by atoms with E-state index in [0.29, 0.717) is 6.61 Å². The van der Waals surface area contributed by atoms with Crippen molar-refractivity contribution < 1.29 is 9.53 Å². The first-order valence-electron chi connectivity index (χ1n) is 7.11. The maximum atomic E-state index is 11.9. The molecule has 0 radical (unpaired) electrons. The Morgan fingerprint density at radius 1 is 1.55 bits per heavy atom. The van der Waals surface area contributed by atoms with Crippen LogP contribution in [0.2, 0.25) is 0 Å². The highest BCUT2D eigenvalue weighted by Gasteiger charge is 2.23. The summed E-state index contributed by atoms with van der Waals surface area (Å²) >= 11 is 0. The lowest BCUT2D eigenvalue weighted by atomic mass is 10.1. The number of carbonyl (C=O) groups excluding carboxylic acids is 1. The predicted molar refractivity (Wildman–Crippen MR) is 82.3 cm³/mol.